The number of benzene rings is 1. The van der Waals surface area contributed by atoms with Crippen molar-refractivity contribution >= 4 is 21.6 Å². The van der Waals surface area contributed by atoms with Gasteiger partial charge in [-0.15, -0.1) is 0 Å². The van der Waals surface area contributed by atoms with E-state index < -0.39 is 34.3 Å². The first-order valence-corrected chi connectivity index (χ1v) is 8.38. The fraction of sp³-hybridized carbons (Fsp3) is 0.286. The summed E-state index contributed by atoms with van der Waals surface area (Å²) in [5, 5.41) is 5.65. The van der Waals surface area contributed by atoms with Crippen LogP contribution < -0.4 is 5.32 Å². The number of alkyl halides is 3. The van der Waals surface area contributed by atoms with Gasteiger partial charge in [0.2, 0.25) is 15.9 Å². The van der Waals surface area contributed by atoms with Crippen LogP contribution in [0.15, 0.2) is 41.4 Å². The molecule has 0 atom stereocenters. The average molecular weight is 376 g/mol. The van der Waals surface area contributed by atoms with Crippen molar-refractivity contribution in [3.63, 3.8) is 0 Å². The standard InChI is InChI=1S/C14H15F3N4O3S/c1-20(2)25(23,24)11-6-4-3-5-10(11)18-13(22)9-21-8-7-12(19-21)14(15,16)17/h3-8H,9H2,1-2H3,(H,18,22). The van der Waals surface area contributed by atoms with Gasteiger partial charge in [-0.25, -0.2) is 12.7 Å². The summed E-state index contributed by atoms with van der Waals surface area (Å²) in [5.41, 5.74) is -1.08. The third kappa shape index (κ3) is 4.37. The first kappa shape index (κ1) is 18.9. The second-order valence-corrected chi connectivity index (χ2v) is 7.35. The van der Waals surface area contributed by atoms with Crippen molar-refractivity contribution in [2.24, 2.45) is 0 Å². The van der Waals surface area contributed by atoms with Crippen molar-refractivity contribution in [3.05, 3.63) is 42.2 Å². The van der Waals surface area contributed by atoms with Crippen LogP contribution in [0.5, 0.6) is 0 Å². The van der Waals surface area contributed by atoms with Crippen LogP contribution in [0.2, 0.25) is 0 Å². The molecule has 1 heterocycles. The number of hydrogen-bond acceptors (Lipinski definition) is 4. The third-order valence-corrected chi connectivity index (χ3v) is 5.03. The molecular formula is C14H15F3N4O3S. The molecule has 0 aliphatic heterocycles. The highest BCUT2D eigenvalue weighted by Crippen LogP contribution is 2.27. The lowest BCUT2D eigenvalue weighted by atomic mass is 10.3. The Balaban J connectivity index is 2.18. The highest BCUT2D eigenvalue weighted by atomic mass is 32.2. The van der Waals surface area contributed by atoms with E-state index >= 15 is 0 Å². The number of aromatic nitrogens is 2. The van der Waals surface area contributed by atoms with Crippen molar-refractivity contribution in [1.82, 2.24) is 14.1 Å². The Labute approximate surface area is 142 Å². The first-order valence-electron chi connectivity index (χ1n) is 6.94. The molecule has 1 aromatic heterocycles. The van der Waals surface area contributed by atoms with Gasteiger partial charge in [-0.1, -0.05) is 12.1 Å². The lowest BCUT2D eigenvalue weighted by Crippen LogP contribution is -2.25. The number of rotatable bonds is 5. The quantitative estimate of drug-likeness (QED) is 0.862. The SMILES string of the molecule is CN(C)S(=O)(=O)c1ccccc1NC(=O)Cn1ccc(C(F)(F)F)n1. The lowest BCUT2D eigenvalue weighted by molar-refractivity contribution is -0.141. The molecule has 2 aromatic rings. The average Bonchev–Trinajstić information content (AvgIpc) is 2.96. The van der Waals surface area contributed by atoms with Crippen LogP contribution in [0.3, 0.4) is 0 Å². The minimum Gasteiger partial charge on any atom is -0.323 e. The Morgan fingerprint density at radius 1 is 1.24 bits per heavy atom. The summed E-state index contributed by atoms with van der Waals surface area (Å²) >= 11 is 0. The van der Waals surface area contributed by atoms with E-state index in [0.717, 1.165) is 21.3 Å². The Bertz CT molecular complexity index is 875. The van der Waals surface area contributed by atoms with Gasteiger partial charge in [0.1, 0.15) is 11.4 Å². The molecule has 0 radical (unpaired) electrons. The van der Waals surface area contributed by atoms with E-state index in [0.29, 0.717) is 0 Å². The molecule has 0 unspecified atom stereocenters. The Hall–Kier alpha value is -2.40. The summed E-state index contributed by atoms with van der Waals surface area (Å²) in [7, 11) is -1.11. The maximum atomic E-state index is 12.5. The summed E-state index contributed by atoms with van der Waals surface area (Å²) in [5.74, 6) is -0.710. The van der Waals surface area contributed by atoms with E-state index in [9.17, 15) is 26.4 Å². The van der Waals surface area contributed by atoms with Gasteiger partial charge in [-0.3, -0.25) is 9.48 Å². The summed E-state index contributed by atoms with van der Waals surface area (Å²) in [6.07, 6.45) is -3.58. The number of carbonyl (C=O) groups excluding carboxylic acids is 1. The van der Waals surface area contributed by atoms with E-state index in [1.54, 1.807) is 0 Å². The van der Waals surface area contributed by atoms with E-state index in [-0.39, 0.29) is 10.6 Å². The predicted molar refractivity (Wildman–Crippen MR) is 83.2 cm³/mol. The molecule has 0 aliphatic carbocycles. The minimum absolute atomic E-state index is 0.0319. The minimum atomic E-state index is -4.60. The maximum Gasteiger partial charge on any atom is 0.435 e. The van der Waals surface area contributed by atoms with Gasteiger partial charge in [-0.05, 0) is 18.2 Å². The number of nitrogens with one attached hydrogen (secondary N) is 1. The molecular weight excluding hydrogens is 361 g/mol. The molecule has 1 N–H and O–H groups in total. The van der Waals surface area contributed by atoms with Crippen LogP contribution in [-0.4, -0.2) is 42.5 Å². The van der Waals surface area contributed by atoms with Crippen LogP contribution in [-0.2, 0) is 27.5 Å². The Morgan fingerprint density at radius 3 is 2.44 bits per heavy atom. The van der Waals surface area contributed by atoms with Gasteiger partial charge in [0.15, 0.2) is 5.69 Å². The molecule has 1 aromatic carbocycles. The van der Waals surface area contributed by atoms with Crippen LogP contribution in [0.25, 0.3) is 0 Å². The first-order chi connectivity index (χ1) is 11.5. The molecule has 0 bridgehead atoms. The molecule has 0 fully saturated rings. The van der Waals surface area contributed by atoms with Crippen molar-refractivity contribution in [2.75, 3.05) is 19.4 Å². The molecule has 0 saturated carbocycles. The molecule has 1 amide bonds. The second-order valence-electron chi connectivity index (χ2n) is 5.23. The molecule has 11 heteroatoms. The van der Waals surface area contributed by atoms with Crippen LogP contribution in [0.1, 0.15) is 5.69 Å². The maximum absolute atomic E-state index is 12.5. The molecule has 2 rings (SSSR count). The van der Waals surface area contributed by atoms with Gasteiger partial charge in [-0.2, -0.15) is 18.3 Å². The van der Waals surface area contributed by atoms with Crippen molar-refractivity contribution < 1.29 is 26.4 Å². The highest BCUT2D eigenvalue weighted by Gasteiger charge is 2.33. The smallest absolute Gasteiger partial charge is 0.323 e. The summed E-state index contributed by atoms with van der Waals surface area (Å²) in [6.45, 7) is -0.494. The monoisotopic (exact) mass is 376 g/mol. The number of sulfonamides is 1. The fourth-order valence-corrected chi connectivity index (χ4v) is 2.97. The van der Waals surface area contributed by atoms with Crippen LogP contribution in [0, 0.1) is 0 Å². The van der Waals surface area contributed by atoms with Crippen molar-refractivity contribution in [3.8, 4) is 0 Å². The number of carbonyl (C=O) groups is 1. The Morgan fingerprint density at radius 2 is 1.88 bits per heavy atom. The van der Waals surface area contributed by atoms with Crippen LogP contribution >= 0.6 is 0 Å². The van der Waals surface area contributed by atoms with E-state index in [1.807, 2.05) is 0 Å². The van der Waals surface area contributed by atoms with E-state index in [2.05, 4.69) is 10.4 Å². The van der Waals surface area contributed by atoms with Crippen molar-refractivity contribution in [1.29, 1.82) is 0 Å². The van der Waals surface area contributed by atoms with Gasteiger partial charge >= 0.3 is 6.18 Å². The van der Waals surface area contributed by atoms with Crippen LogP contribution in [0.4, 0.5) is 18.9 Å². The number of para-hydroxylation sites is 1. The Kier molecular flexibility index (Phi) is 5.18. The normalized spacial score (nSPS) is 12.4. The highest BCUT2D eigenvalue weighted by molar-refractivity contribution is 7.89. The van der Waals surface area contributed by atoms with Gasteiger partial charge in [0, 0.05) is 20.3 Å². The van der Waals surface area contributed by atoms with Gasteiger partial charge < -0.3 is 5.32 Å². The molecule has 0 saturated heterocycles. The number of amides is 1. The molecule has 25 heavy (non-hydrogen) atoms. The molecule has 136 valence electrons. The molecule has 0 spiro atoms. The molecule has 7 nitrogen and oxygen atoms in total. The second kappa shape index (κ2) is 6.84. The number of halogens is 3. The molecule has 0 aliphatic rings. The zero-order chi connectivity index (χ0) is 18.8. The number of hydrogen-bond donors (Lipinski definition) is 1. The zero-order valence-corrected chi connectivity index (χ0v) is 14.1. The third-order valence-electron chi connectivity index (χ3n) is 3.16. The zero-order valence-electron chi connectivity index (χ0n) is 13.3. The summed E-state index contributed by atoms with van der Waals surface area (Å²) < 4.78 is 63.8. The van der Waals surface area contributed by atoms with E-state index in [4.69, 9.17) is 0 Å². The summed E-state index contributed by atoms with van der Waals surface area (Å²) in [4.78, 5) is 11.9. The number of nitrogens with zero attached hydrogens (tertiary/aromatic N) is 3. The topological polar surface area (TPSA) is 84.3 Å². The van der Waals surface area contributed by atoms with Gasteiger partial charge in [0.25, 0.3) is 0 Å². The summed E-state index contributed by atoms with van der Waals surface area (Å²) in [6, 6.07) is 6.48. The predicted octanol–water partition coefficient (Wildman–Crippen LogP) is 1.79. The fourth-order valence-electron chi connectivity index (χ4n) is 1.93. The van der Waals surface area contributed by atoms with E-state index in [1.165, 1.54) is 38.4 Å². The van der Waals surface area contributed by atoms with Crippen molar-refractivity contribution in [2.45, 2.75) is 17.6 Å². The number of anilines is 1. The van der Waals surface area contributed by atoms with Gasteiger partial charge in [0.05, 0.1) is 5.69 Å². The largest absolute Gasteiger partial charge is 0.435 e. The lowest BCUT2D eigenvalue weighted by Gasteiger charge is -2.15.